The van der Waals surface area contributed by atoms with Gasteiger partial charge in [-0.3, -0.25) is 14.8 Å². The first-order valence-electron chi connectivity index (χ1n) is 9.19. The number of likely N-dealkylation sites (N-methyl/N-ethyl adjacent to an activating group) is 1. The smallest absolute Gasteiger partial charge is 0.266 e. The maximum absolute atomic E-state index is 13.1. The molecule has 0 spiro atoms. The van der Waals surface area contributed by atoms with E-state index in [9.17, 15) is 9.59 Å². The Hall–Kier alpha value is -2.67. The Morgan fingerprint density at radius 2 is 2.04 bits per heavy atom. The van der Waals surface area contributed by atoms with E-state index in [1.807, 2.05) is 0 Å². The van der Waals surface area contributed by atoms with Crippen molar-refractivity contribution in [2.24, 2.45) is 5.41 Å². The van der Waals surface area contributed by atoms with Crippen molar-refractivity contribution in [3.63, 3.8) is 0 Å². The number of benzene rings is 1. The van der Waals surface area contributed by atoms with Gasteiger partial charge in [0.15, 0.2) is 0 Å². The second kappa shape index (κ2) is 7.92. The van der Waals surface area contributed by atoms with Crippen LogP contribution in [0.4, 0.5) is 0 Å². The van der Waals surface area contributed by atoms with Crippen LogP contribution < -0.4 is 5.48 Å². The third-order valence-electron chi connectivity index (χ3n) is 5.49. The number of H-pyrrole nitrogens is 1. The van der Waals surface area contributed by atoms with Crippen LogP contribution in [0.15, 0.2) is 36.8 Å². The van der Waals surface area contributed by atoms with Crippen LogP contribution >= 0.6 is 0 Å². The maximum Gasteiger partial charge on any atom is 0.266 e. The van der Waals surface area contributed by atoms with Gasteiger partial charge in [0.05, 0.1) is 6.33 Å². The Bertz CT molecular complexity index is 782. The fourth-order valence-electron chi connectivity index (χ4n) is 3.46. The molecule has 1 aliphatic carbocycles. The molecular formula is C20H26N4O3. The van der Waals surface area contributed by atoms with E-state index in [-0.39, 0.29) is 12.3 Å². The second-order valence-corrected chi connectivity index (χ2v) is 7.45. The maximum atomic E-state index is 13.1. The van der Waals surface area contributed by atoms with E-state index in [0.717, 1.165) is 31.4 Å². The number of nitrogens with zero attached hydrogens (tertiary/aromatic N) is 2. The van der Waals surface area contributed by atoms with Crippen LogP contribution in [0, 0.1) is 12.3 Å². The third-order valence-corrected chi connectivity index (χ3v) is 5.49. The first kappa shape index (κ1) is 19.1. The minimum Gasteiger partial charge on any atom is -0.348 e. The van der Waals surface area contributed by atoms with E-state index in [0.29, 0.717) is 0 Å². The van der Waals surface area contributed by atoms with E-state index in [1.54, 1.807) is 18.7 Å². The first-order valence-corrected chi connectivity index (χ1v) is 9.19. The minimum atomic E-state index is -0.792. The van der Waals surface area contributed by atoms with Crippen molar-refractivity contribution >= 4 is 11.8 Å². The van der Waals surface area contributed by atoms with E-state index in [4.69, 9.17) is 5.21 Å². The molecule has 1 aliphatic rings. The van der Waals surface area contributed by atoms with Crippen LogP contribution in [0.5, 0.6) is 0 Å². The molecule has 1 aromatic heterocycles. The highest BCUT2D eigenvalue weighted by atomic mass is 16.5. The van der Waals surface area contributed by atoms with Gasteiger partial charge in [0, 0.05) is 30.8 Å². The molecule has 0 aliphatic heterocycles. The summed E-state index contributed by atoms with van der Waals surface area (Å²) in [4.78, 5) is 33.6. The van der Waals surface area contributed by atoms with E-state index >= 15 is 0 Å². The van der Waals surface area contributed by atoms with Crippen molar-refractivity contribution in [3.05, 3.63) is 53.6 Å². The van der Waals surface area contributed by atoms with Gasteiger partial charge in [0.2, 0.25) is 5.91 Å². The number of nitrogens with one attached hydrogen (secondary N) is 2. The molecular weight excluding hydrogens is 344 g/mol. The quantitative estimate of drug-likeness (QED) is 0.489. The van der Waals surface area contributed by atoms with E-state index in [2.05, 4.69) is 41.2 Å². The molecule has 1 atom stereocenters. The summed E-state index contributed by atoms with van der Waals surface area (Å²) >= 11 is 0. The van der Waals surface area contributed by atoms with Gasteiger partial charge in [-0.25, -0.2) is 10.5 Å². The van der Waals surface area contributed by atoms with Crippen molar-refractivity contribution in [3.8, 4) is 0 Å². The zero-order valence-corrected chi connectivity index (χ0v) is 15.7. The molecule has 1 aromatic carbocycles. The van der Waals surface area contributed by atoms with Crippen molar-refractivity contribution in [2.45, 2.75) is 45.1 Å². The molecule has 2 aromatic rings. The molecule has 1 saturated carbocycles. The molecule has 0 radical (unpaired) electrons. The SMILES string of the molecule is Cc1ccc(CCC2(C(=O)N(C)[C@H](Cc3cnc[nH]3)C(=O)NO)CC2)cc1. The van der Waals surface area contributed by atoms with Crippen LogP contribution in [-0.2, 0) is 22.4 Å². The van der Waals surface area contributed by atoms with Crippen LogP contribution in [0.25, 0.3) is 0 Å². The Morgan fingerprint density at radius 1 is 1.33 bits per heavy atom. The summed E-state index contributed by atoms with van der Waals surface area (Å²) in [5, 5.41) is 9.09. The lowest BCUT2D eigenvalue weighted by molar-refractivity contribution is -0.146. The standard InChI is InChI=1S/C20H26N4O3/c1-14-3-5-15(6-4-14)7-8-20(9-10-20)19(26)24(2)17(18(25)23-27)11-16-12-21-13-22-16/h3-6,12-13,17,27H,7-11H2,1-2H3,(H,21,22)(H,23,25)/t17-/m1/s1. The number of imidazole rings is 1. The lowest BCUT2D eigenvalue weighted by atomic mass is 9.94. The van der Waals surface area contributed by atoms with Gasteiger partial charge in [-0.1, -0.05) is 29.8 Å². The number of rotatable bonds is 8. The van der Waals surface area contributed by atoms with Crippen molar-refractivity contribution in [2.75, 3.05) is 7.05 Å². The van der Waals surface area contributed by atoms with Crippen molar-refractivity contribution in [1.82, 2.24) is 20.3 Å². The zero-order chi connectivity index (χ0) is 19.4. The number of aromatic nitrogens is 2. The molecule has 7 nitrogen and oxygen atoms in total. The molecule has 1 fully saturated rings. The Labute approximate surface area is 158 Å². The van der Waals surface area contributed by atoms with Gasteiger partial charge in [0.1, 0.15) is 6.04 Å². The molecule has 0 bridgehead atoms. The summed E-state index contributed by atoms with van der Waals surface area (Å²) in [5.41, 5.74) is 4.44. The highest BCUT2D eigenvalue weighted by Crippen LogP contribution is 2.51. The van der Waals surface area contributed by atoms with Gasteiger partial charge < -0.3 is 9.88 Å². The van der Waals surface area contributed by atoms with Gasteiger partial charge in [-0.2, -0.15) is 0 Å². The molecule has 3 N–H and O–H groups in total. The summed E-state index contributed by atoms with van der Waals surface area (Å²) in [6, 6.07) is 7.56. The van der Waals surface area contributed by atoms with Crippen LogP contribution in [0.2, 0.25) is 0 Å². The number of hydroxylamine groups is 1. The summed E-state index contributed by atoms with van der Waals surface area (Å²) < 4.78 is 0. The van der Waals surface area contributed by atoms with Crippen molar-refractivity contribution in [1.29, 1.82) is 0 Å². The fraction of sp³-hybridized carbons (Fsp3) is 0.450. The van der Waals surface area contributed by atoms with Gasteiger partial charge >= 0.3 is 0 Å². The van der Waals surface area contributed by atoms with E-state index in [1.165, 1.54) is 22.4 Å². The van der Waals surface area contributed by atoms with E-state index < -0.39 is 17.4 Å². The summed E-state index contributed by atoms with van der Waals surface area (Å²) in [6.45, 7) is 2.05. The fourth-order valence-corrected chi connectivity index (χ4v) is 3.46. The highest BCUT2D eigenvalue weighted by molar-refractivity contribution is 5.91. The normalized spacial score (nSPS) is 15.8. The van der Waals surface area contributed by atoms with Crippen LogP contribution in [-0.4, -0.2) is 45.0 Å². The predicted octanol–water partition coefficient (Wildman–Crippen LogP) is 2.01. The van der Waals surface area contributed by atoms with Gasteiger partial charge in [0.25, 0.3) is 5.91 Å². The largest absolute Gasteiger partial charge is 0.348 e. The number of carbonyl (C=O) groups is 2. The van der Waals surface area contributed by atoms with Gasteiger partial charge in [-0.05, 0) is 38.2 Å². The number of amides is 2. The predicted molar refractivity (Wildman–Crippen MR) is 99.9 cm³/mol. The molecule has 0 saturated heterocycles. The Morgan fingerprint density at radius 3 is 2.59 bits per heavy atom. The molecule has 0 unspecified atom stereocenters. The second-order valence-electron chi connectivity index (χ2n) is 7.45. The lowest BCUT2D eigenvalue weighted by Gasteiger charge is -2.30. The molecule has 7 heteroatoms. The summed E-state index contributed by atoms with van der Waals surface area (Å²) in [7, 11) is 1.63. The number of aromatic amines is 1. The molecule has 1 heterocycles. The zero-order valence-electron chi connectivity index (χ0n) is 15.7. The Balaban J connectivity index is 1.67. The molecule has 27 heavy (non-hydrogen) atoms. The summed E-state index contributed by atoms with van der Waals surface area (Å²) in [6.07, 6.45) is 6.66. The number of hydrogen-bond acceptors (Lipinski definition) is 4. The van der Waals surface area contributed by atoms with Crippen LogP contribution in [0.1, 0.15) is 36.1 Å². The number of hydrogen-bond donors (Lipinski definition) is 3. The topological polar surface area (TPSA) is 98.3 Å². The number of carbonyl (C=O) groups excluding carboxylic acids is 2. The molecule has 144 valence electrons. The summed E-state index contributed by atoms with van der Waals surface area (Å²) in [5.74, 6) is -0.641. The lowest BCUT2D eigenvalue weighted by Crippen LogP contribution is -2.50. The average molecular weight is 370 g/mol. The minimum absolute atomic E-state index is 0.0391. The molecule has 2 amide bonds. The first-order chi connectivity index (χ1) is 12.9. The highest BCUT2D eigenvalue weighted by Gasteiger charge is 2.51. The van der Waals surface area contributed by atoms with Crippen molar-refractivity contribution < 1.29 is 14.8 Å². The average Bonchev–Trinajstić information content (AvgIpc) is 3.30. The monoisotopic (exact) mass is 370 g/mol. The van der Waals surface area contributed by atoms with Crippen LogP contribution in [0.3, 0.4) is 0 Å². The number of aryl methyl sites for hydroxylation is 2. The van der Waals surface area contributed by atoms with Gasteiger partial charge in [-0.15, -0.1) is 0 Å². The Kier molecular flexibility index (Phi) is 5.60. The molecule has 3 rings (SSSR count). The third kappa shape index (κ3) is 4.36.